The summed E-state index contributed by atoms with van der Waals surface area (Å²) in [6.07, 6.45) is 5.30. The topological polar surface area (TPSA) is 104 Å². The minimum Gasteiger partial charge on any atom is -0.451 e. The standard InChI is InChI=1S/C23H36O6/c1-13(25)29-23(19(28)12-24)9-7-17-16-5-4-14-10-15(26)6-8-21(14,2)20(16)18(27)11-22(17,23)3/h14-18,20,24,26-27H,4-12H2,1-3H3/t14?,15-,16+,17+,18-,20-,21+,22+,23+/m1/s1. The molecule has 0 aromatic carbocycles. The Hall–Kier alpha value is -0.980. The second kappa shape index (κ2) is 7.03. The van der Waals surface area contributed by atoms with E-state index in [2.05, 4.69) is 6.92 Å². The van der Waals surface area contributed by atoms with Gasteiger partial charge in [0, 0.05) is 12.3 Å². The van der Waals surface area contributed by atoms with Crippen molar-refractivity contribution in [2.75, 3.05) is 6.61 Å². The van der Waals surface area contributed by atoms with Crippen molar-refractivity contribution in [1.29, 1.82) is 0 Å². The van der Waals surface area contributed by atoms with Crippen molar-refractivity contribution in [3.63, 3.8) is 0 Å². The van der Waals surface area contributed by atoms with Gasteiger partial charge in [-0.2, -0.15) is 0 Å². The van der Waals surface area contributed by atoms with E-state index >= 15 is 0 Å². The summed E-state index contributed by atoms with van der Waals surface area (Å²) in [6.45, 7) is 4.93. The third-order valence-electron chi connectivity index (χ3n) is 9.60. The number of esters is 1. The summed E-state index contributed by atoms with van der Waals surface area (Å²) in [5.74, 6) is 0.0557. The summed E-state index contributed by atoms with van der Waals surface area (Å²) < 4.78 is 5.71. The lowest BCUT2D eigenvalue weighted by Crippen LogP contribution is -2.64. The highest BCUT2D eigenvalue weighted by Crippen LogP contribution is 2.69. The molecule has 0 bridgehead atoms. The van der Waals surface area contributed by atoms with Gasteiger partial charge < -0.3 is 20.1 Å². The number of carbonyl (C=O) groups excluding carboxylic acids is 2. The number of rotatable bonds is 3. The molecule has 0 aromatic heterocycles. The van der Waals surface area contributed by atoms with Crippen molar-refractivity contribution in [1.82, 2.24) is 0 Å². The van der Waals surface area contributed by atoms with E-state index < -0.39 is 35.5 Å². The van der Waals surface area contributed by atoms with Crippen LogP contribution in [0.25, 0.3) is 0 Å². The largest absolute Gasteiger partial charge is 0.451 e. The van der Waals surface area contributed by atoms with Gasteiger partial charge in [0.1, 0.15) is 6.61 Å². The van der Waals surface area contributed by atoms with Crippen LogP contribution in [-0.2, 0) is 14.3 Å². The van der Waals surface area contributed by atoms with Crippen molar-refractivity contribution < 1.29 is 29.6 Å². The van der Waals surface area contributed by atoms with E-state index in [1.54, 1.807) is 0 Å². The summed E-state index contributed by atoms with van der Waals surface area (Å²) >= 11 is 0. The molecule has 0 heterocycles. The Bertz CT molecular complexity index is 693. The fourth-order valence-corrected chi connectivity index (χ4v) is 8.40. The maximum Gasteiger partial charge on any atom is 0.303 e. The molecule has 0 radical (unpaired) electrons. The van der Waals surface area contributed by atoms with Gasteiger partial charge in [-0.25, -0.2) is 0 Å². The van der Waals surface area contributed by atoms with Crippen LogP contribution in [0.4, 0.5) is 0 Å². The van der Waals surface area contributed by atoms with Crippen LogP contribution in [0.15, 0.2) is 0 Å². The number of fused-ring (bicyclic) bond motifs is 5. The fourth-order valence-electron chi connectivity index (χ4n) is 8.40. The molecule has 4 rings (SSSR count). The highest BCUT2D eigenvalue weighted by Gasteiger charge is 2.70. The Morgan fingerprint density at radius 2 is 1.79 bits per heavy atom. The van der Waals surface area contributed by atoms with Crippen LogP contribution in [0.1, 0.15) is 72.1 Å². The molecule has 0 spiro atoms. The molecule has 0 amide bonds. The Morgan fingerprint density at radius 1 is 1.07 bits per heavy atom. The summed E-state index contributed by atoms with van der Waals surface area (Å²) in [7, 11) is 0. The van der Waals surface area contributed by atoms with Crippen molar-refractivity contribution in [2.24, 2.45) is 34.5 Å². The van der Waals surface area contributed by atoms with Gasteiger partial charge in [0.15, 0.2) is 5.60 Å². The van der Waals surface area contributed by atoms with Crippen LogP contribution in [0.2, 0.25) is 0 Å². The molecule has 4 fully saturated rings. The Kier molecular flexibility index (Phi) is 5.15. The zero-order chi connectivity index (χ0) is 21.2. The molecular formula is C23H36O6. The van der Waals surface area contributed by atoms with E-state index in [1.807, 2.05) is 6.92 Å². The third-order valence-corrected chi connectivity index (χ3v) is 9.60. The molecular weight excluding hydrogens is 372 g/mol. The lowest BCUT2D eigenvalue weighted by molar-refractivity contribution is -0.213. The number of carbonyl (C=O) groups is 2. The minimum atomic E-state index is -1.34. The van der Waals surface area contributed by atoms with E-state index in [0.29, 0.717) is 18.8 Å². The van der Waals surface area contributed by atoms with Gasteiger partial charge in [-0.3, -0.25) is 9.59 Å². The first-order valence-corrected chi connectivity index (χ1v) is 11.3. The number of hydrogen-bond acceptors (Lipinski definition) is 6. The van der Waals surface area contributed by atoms with Crippen molar-refractivity contribution >= 4 is 11.8 Å². The van der Waals surface area contributed by atoms with E-state index in [9.17, 15) is 24.9 Å². The van der Waals surface area contributed by atoms with Gasteiger partial charge in [0.2, 0.25) is 5.78 Å². The number of aliphatic hydroxyl groups excluding tert-OH is 3. The zero-order valence-corrected chi connectivity index (χ0v) is 17.9. The average molecular weight is 409 g/mol. The molecule has 164 valence electrons. The van der Waals surface area contributed by atoms with Crippen molar-refractivity contribution in [3.8, 4) is 0 Å². The number of aliphatic hydroxyl groups is 3. The van der Waals surface area contributed by atoms with Crippen LogP contribution >= 0.6 is 0 Å². The van der Waals surface area contributed by atoms with Crippen LogP contribution in [-0.4, -0.2) is 51.5 Å². The predicted octanol–water partition coefficient (Wildman–Crippen LogP) is 2.22. The monoisotopic (exact) mass is 408 g/mol. The van der Waals surface area contributed by atoms with Crippen LogP contribution in [0.3, 0.4) is 0 Å². The number of hydrogen-bond donors (Lipinski definition) is 3. The minimum absolute atomic E-state index is 0.00341. The average Bonchev–Trinajstić information content (AvgIpc) is 2.93. The SMILES string of the molecule is CC(=O)O[C@]1(C(=O)CO)CC[C@H]2[C@@H]3CCC4C[C@H](O)CC[C@]4(C)[C@H]3[C@H](O)C[C@@]21C. The van der Waals surface area contributed by atoms with Crippen LogP contribution in [0, 0.1) is 34.5 Å². The second-order valence-electron chi connectivity index (χ2n) is 10.7. The lowest BCUT2D eigenvalue weighted by atomic mass is 9.43. The van der Waals surface area contributed by atoms with E-state index in [4.69, 9.17) is 4.74 Å². The molecule has 9 atom stereocenters. The highest BCUT2D eigenvalue weighted by atomic mass is 16.6. The number of ether oxygens (including phenoxy) is 1. The quantitative estimate of drug-likeness (QED) is 0.619. The molecule has 0 saturated heterocycles. The maximum absolute atomic E-state index is 12.9. The molecule has 1 unspecified atom stereocenters. The molecule has 4 aliphatic rings. The van der Waals surface area contributed by atoms with Gasteiger partial charge in [-0.1, -0.05) is 13.8 Å². The molecule has 4 saturated carbocycles. The maximum atomic E-state index is 12.9. The van der Waals surface area contributed by atoms with Gasteiger partial charge in [-0.05, 0) is 80.5 Å². The summed E-state index contributed by atoms with van der Waals surface area (Å²) in [5, 5.41) is 31.3. The number of Topliss-reactive ketones (excluding diaryl/α,β-unsaturated/α-hetero) is 1. The molecule has 6 heteroatoms. The molecule has 6 nitrogen and oxygen atoms in total. The van der Waals surface area contributed by atoms with Crippen molar-refractivity contribution in [3.05, 3.63) is 0 Å². The Labute approximate surface area is 173 Å². The van der Waals surface area contributed by atoms with E-state index in [0.717, 1.165) is 38.5 Å². The first-order valence-electron chi connectivity index (χ1n) is 11.3. The summed E-state index contributed by atoms with van der Waals surface area (Å²) in [6, 6.07) is 0. The first kappa shape index (κ1) is 21.3. The third kappa shape index (κ3) is 2.85. The summed E-state index contributed by atoms with van der Waals surface area (Å²) in [5.41, 5.74) is -2.02. The Morgan fingerprint density at radius 3 is 2.45 bits per heavy atom. The van der Waals surface area contributed by atoms with E-state index in [-0.39, 0.29) is 29.3 Å². The van der Waals surface area contributed by atoms with E-state index in [1.165, 1.54) is 6.92 Å². The van der Waals surface area contributed by atoms with Gasteiger partial charge >= 0.3 is 5.97 Å². The molecule has 3 N–H and O–H groups in total. The van der Waals surface area contributed by atoms with Gasteiger partial charge in [-0.15, -0.1) is 0 Å². The second-order valence-corrected chi connectivity index (χ2v) is 10.7. The Balaban J connectivity index is 1.72. The normalized spacial score (nSPS) is 51.5. The lowest BCUT2D eigenvalue weighted by Gasteiger charge is -2.63. The summed E-state index contributed by atoms with van der Waals surface area (Å²) in [4.78, 5) is 24.8. The fraction of sp³-hybridized carbons (Fsp3) is 0.913. The van der Waals surface area contributed by atoms with Crippen molar-refractivity contribution in [2.45, 2.75) is 89.9 Å². The van der Waals surface area contributed by atoms with Crippen LogP contribution in [0.5, 0.6) is 0 Å². The molecule has 0 aliphatic heterocycles. The zero-order valence-electron chi connectivity index (χ0n) is 17.9. The van der Waals surface area contributed by atoms with Gasteiger partial charge in [0.25, 0.3) is 0 Å². The van der Waals surface area contributed by atoms with Gasteiger partial charge in [0.05, 0.1) is 12.2 Å². The predicted molar refractivity (Wildman–Crippen MR) is 106 cm³/mol. The van der Waals surface area contributed by atoms with Crippen LogP contribution < -0.4 is 0 Å². The highest BCUT2D eigenvalue weighted by molar-refractivity contribution is 5.91. The molecule has 29 heavy (non-hydrogen) atoms. The first-order chi connectivity index (χ1) is 13.6. The molecule has 0 aromatic rings. The smallest absolute Gasteiger partial charge is 0.303 e. The molecule has 4 aliphatic carbocycles. The number of ketones is 1.